The van der Waals surface area contributed by atoms with Gasteiger partial charge in [0.25, 0.3) is 0 Å². The lowest BCUT2D eigenvalue weighted by atomic mass is 10.2. The van der Waals surface area contributed by atoms with E-state index in [1.165, 1.54) is 11.6 Å². The first-order valence-electron chi connectivity index (χ1n) is 4.58. The largest absolute Gasteiger partial charge is 0.434 e. The molecule has 2 rings (SSSR count). The highest BCUT2D eigenvalue weighted by Gasteiger charge is 2.37. The number of H-pyrrole nitrogens is 1. The maximum absolute atomic E-state index is 13.3. The van der Waals surface area contributed by atoms with Crippen molar-refractivity contribution in [3.8, 4) is 0 Å². The summed E-state index contributed by atoms with van der Waals surface area (Å²) in [6, 6.07) is 0. The molecule has 0 saturated carbocycles. The topological polar surface area (TPSA) is 50.7 Å². The quantitative estimate of drug-likeness (QED) is 0.594. The van der Waals surface area contributed by atoms with E-state index in [1.54, 1.807) is 4.98 Å². The van der Waals surface area contributed by atoms with Crippen LogP contribution in [0.5, 0.6) is 0 Å². The van der Waals surface area contributed by atoms with E-state index in [4.69, 9.17) is 12.2 Å². The van der Waals surface area contributed by atoms with Gasteiger partial charge >= 0.3 is 6.18 Å². The maximum Gasteiger partial charge on any atom is 0.434 e. The van der Waals surface area contributed by atoms with Crippen molar-refractivity contribution in [2.45, 2.75) is 6.18 Å². The minimum absolute atomic E-state index is 0.0297. The lowest BCUT2D eigenvalue weighted by molar-refractivity contribution is -0.143. The minimum Gasteiger partial charge on any atom is -0.333 e. The molecule has 0 aromatic carbocycles. The second-order valence-electron chi connectivity index (χ2n) is 3.54. The highest BCUT2D eigenvalue weighted by atomic mass is 32.1. The van der Waals surface area contributed by atoms with Crippen LogP contribution in [0.4, 0.5) is 17.6 Å². The Kier molecular flexibility index (Phi) is 2.73. The second-order valence-corrected chi connectivity index (χ2v) is 3.90. The summed E-state index contributed by atoms with van der Waals surface area (Å²) in [6.07, 6.45) is -3.87. The number of nitrogens with one attached hydrogen (secondary N) is 1. The van der Waals surface area contributed by atoms with Gasteiger partial charge in [0, 0.05) is 13.2 Å². The van der Waals surface area contributed by atoms with Crippen molar-refractivity contribution in [3.63, 3.8) is 0 Å². The average Bonchev–Trinajstić information content (AvgIpc) is 2.25. The van der Waals surface area contributed by atoms with Gasteiger partial charge in [0.15, 0.2) is 11.5 Å². The molecule has 0 spiro atoms. The Bertz CT molecular complexity index is 746. The molecule has 0 fully saturated rings. The summed E-state index contributed by atoms with van der Waals surface area (Å²) in [6.45, 7) is 0. The number of aryl methyl sites for hydroxylation is 1. The first kappa shape index (κ1) is 12.7. The molecule has 0 aliphatic carbocycles. The molecule has 1 N–H and O–H groups in total. The van der Waals surface area contributed by atoms with Crippen LogP contribution in [-0.4, -0.2) is 14.5 Å². The fourth-order valence-corrected chi connectivity index (χ4v) is 1.55. The van der Waals surface area contributed by atoms with Crippen molar-refractivity contribution in [3.05, 3.63) is 32.7 Å². The van der Waals surface area contributed by atoms with Gasteiger partial charge in [-0.05, 0) is 12.2 Å². The summed E-state index contributed by atoms with van der Waals surface area (Å²) in [5, 5.41) is -0.295. The highest BCUT2D eigenvalue weighted by Crippen LogP contribution is 2.29. The number of rotatable bonds is 0. The average molecular weight is 279 g/mol. The maximum atomic E-state index is 13.3. The third kappa shape index (κ3) is 1.90. The number of aromatic nitrogens is 3. The van der Waals surface area contributed by atoms with Crippen LogP contribution in [0, 0.1) is 10.6 Å². The molecule has 0 aliphatic heterocycles. The summed E-state index contributed by atoms with van der Waals surface area (Å²) in [7, 11) is 1.45. The lowest BCUT2D eigenvalue weighted by Gasteiger charge is -2.09. The zero-order valence-corrected chi connectivity index (χ0v) is 9.62. The molecular formula is C9H5F4N3OS. The predicted molar refractivity (Wildman–Crippen MR) is 57.1 cm³/mol. The molecule has 0 saturated heterocycles. The predicted octanol–water partition coefficient (Wildman–Crippen LogP) is 2.15. The first-order valence-corrected chi connectivity index (χ1v) is 4.99. The fraction of sp³-hybridized carbons (Fsp3) is 0.222. The number of aromatic amines is 1. The van der Waals surface area contributed by atoms with Crippen LogP contribution in [0.1, 0.15) is 5.69 Å². The van der Waals surface area contributed by atoms with Crippen LogP contribution in [0.2, 0.25) is 0 Å². The summed E-state index contributed by atoms with van der Waals surface area (Å²) < 4.78 is 51.9. The molecule has 2 aromatic rings. The van der Waals surface area contributed by atoms with Crippen LogP contribution in [0.15, 0.2) is 11.0 Å². The molecule has 4 nitrogen and oxygen atoms in total. The molecule has 9 heteroatoms. The molecule has 2 heterocycles. The number of fused-ring (bicyclic) bond motifs is 1. The molecule has 0 amide bonds. The van der Waals surface area contributed by atoms with Gasteiger partial charge in [0.2, 0.25) is 10.2 Å². The molecule has 96 valence electrons. The smallest absolute Gasteiger partial charge is 0.333 e. The zero-order chi connectivity index (χ0) is 13.7. The lowest BCUT2D eigenvalue weighted by Crippen LogP contribution is -2.21. The number of hydrogen-bond donors (Lipinski definition) is 1. The molecule has 0 radical (unpaired) electrons. The Morgan fingerprint density at radius 2 is 2.06 bits per heavy atom. The van der Waals surface area contributed by atoms with Crippen LogP contribution in [0.3, 0.4) is 0 Å². The van der Waals surface area contributed by atoms with Gasteiger partial charge in [-0.3, -0.25) is 4.79 Å². The normalized spacial score (nSPS) is 12.1. The molecular weight excluding hydrogens is 274 g/mol. The number of alkyl halides is 3. The van der Waals surface area contributed by atoms with E-state index >= 15 is 0 Å². The van der Waals surface area contributed by atoms with Crippen molar-refractivity contribution >= 4 is 23.3 Å². The number of hydrogen-bond acceptors (Lipinski definition) is 3. The standard InChI is InChI=1S/C9H5F4N3OS/c1-16-2-3-5(17)4(10)6(9(11,12)13)14-7(3)15-8(16)18/h2H,1H3,(H,14,15,18). The van der Waals surface area contributed by atoms with Gasteiger partial charge in [-0.1, -0.05) is 0 Å². The fourth-order valence-electron chi connectivity index (χ4n) is 1.41. The van der Waals surface area contributed by atoms with Crippen molar-refractivity contribution in [2.24, 2.45) is 7.05 Å². The molecule has 2 aromatic heterocycles. The molecule has 0 unspecified atom stereocenters. The zero-order valence-electron chi connectivity index (χ0n) is 8.80. The Hall–Kier alpha value is -1.77. The third-order valence-corrected chi connectivity index (χ3v) is 2.66. The van der Waals surface area contributed by atoms with E-state index in [2.05, 4.69) is 4.98 Å². The Balaban J connectivity index is 2.98. The van der Waals surface area contributed by atoms with Crippen LogP contribution >= 0.6 is 12.2 Å². The molecule has 0 atom stereocenters. The van der Waals surface area contributed by atoms with E-state index in [0.29, 0.717) is 0 Å². The SMILES string of the molecule is Cn1cc2c(=O)c(F)c(C(F)(F)F)[nH]c2nc1=S. The minimum atomic E-state index is -5.00. The van der Waals surface area contributed by atoms with Crippen LogP contribution in [0.25, 0.3) is 11.0 Å². The third-order valence-electron chi connectivity index (χ3n) is 2.28. The summed E-state index contributed by atoms with van der Waals surface area (Å²) in [5.41, 5.74) is -3.51. The van der Waals surface area contributed by atoms with Gasteiger partial charge in [0.1, 0.15) is 5.65 Å². The van der Waals surface area contributed by atoms with Crippen molar-refractivity contribution in [1.29, 1.82) is 0 Å². The molecule has 0 bridgehead atoms. The Morgan fingerprint density at radius 1 is 1.44 bits per heavy atom. The van der Waals surface area contributed by atoms with E-state index in [0.717, 1.165) is 6.20 Å². The number of pyridine rings is 1. The second kappa shape index (κ2) is 3.87. The Morgan fingerprint density at radius 3 is 2.61 bits per heavy atom. The van der Waals surface area contributed by atoms with Crippen LogP contribution in [-0.2, 0) is 13.2 Å². The van der Waals surface area contributed by atoms with E-state index < -0.39 is 28.8 Å². The van der Waals surface area contributed by atoms with E-state index in [1.807, 2.05) is 0 Å². The monoisotopic (exact) mass is 279 g/mol. The van der Waals surface area contributed by atoms with Gasteiger partial charge in [0.05, 0.1) is 5.39 Å². The van der Waals surface area contributed by atoms with Crippen molar-refractivity contribution < 1.29 is 17.6 Å². The van der Waals surface area contributed by atoms with Gasteiger partial charge < -0.3 is 9.55 Å². The highest BCUT2D eigenvalue weighted by molar-refractivity contribution is 7.71. The van der Waals surface area contributed by atoms with E-state index in [9.17, 15) is 22.4 Å². The van der Waals surface area contributed by atoms with Gasteiger partial charge in [-0.15, -0.1) is 0 Å². The molecule has 0 aliphatic rings. The van der Waals surface area contributed by atoms with Crippen molar-refractivity contribution in [2.75, 3.05) is 0 Å². The summed E-state index contributed by atoms with van der Waals surface area (Å²) >= 11 is 4.75. The molecule has 18 heavy (non-hydrogen) atoms. The Labute approximate surface area is 102 Å². The van der Waals surface area contributed by atoms with E-state index in [-0.39, 0.29) is 10.2 Å². The summed E-state index contributed by atoms with van der Waals surface area (Å²) in [5.74, 6) is -1.88. The first-order chi connectivity index (χ1) is 8.21. The summed E-state index contributed by atoms with van der Waals surface area (Å²) in [4.78, 5) is 16.8. The van der Waals surface area contributed by atoms with Gasteiger partial charge in [-0.25, -0.2) is 9.37 Å². The van der Waals surface area contributed by atoms with Crippen molar-refractivity contribution in [1.82, 2.24) is 14.5 Å². The van der Waals surface area contributed by atoms with Gasteiger partial charge in [-0.2, -0.15) is 13.2 Å². The number of halogens is 4. The van der Waals surface area contributed by atoms with Crippen LogP contribution < -0.4 is 5.43 Å². The number of nitrogens with zero attached hydrogens (tertiary/aromatic N) is 2.